The second-order valence-electron chi connectivity index (χ2n) is 16.7. The van der Waals surface area contributed by atoms with Crippen molar-refractivity contribution in [3.63, 3.8) is 0 Å². The van der Waals surface area contributed by atoms with Crippen LogP contribution in [0.1, 0.15) is 71.6 Å². The first-order chi connectivity index (χ1) is 16.4. The Hall–Kier alpha value is 0.531. The zero-order chi connectivity index (χ0) is 26.7. The second-order valence-corrected chi connectivity index (χ2v) is 30.1. The summed E-state index contributed by atoms with van der Waals surface area (Å²) in [6.07, 6.45) is 13.3. The van der Waals surface area contributed by atoms with Crippen molar-refractivity contribution >= 4 is 25.0 Å². The molecule has 3 nitrogen and oxygen atoms in total. The summed E-state index contributed by atoms with van der Waals surface area (Å²) in [5.41, 5.74) is 0.965. The maximum atomic E-state index is 6.95. The number of hydrogen-bond donors (Lipinski definition) is 0. The van der Waals surface area contributed by atoms with Gasteiger partial charge < -0.3 is 13.3 Å². The fraction of sp³-hybridized carbons (Fsp3) is 1.00. The minimum Gasteiger partial charge on any atom is -0.415 e. The van der Waals surface area contributed by atoms with E-state index >= 15 is 0 Å². The van der Waals surface area contributed by atoms with Crippen LogP contribution in [0.4, 0.5) is 0 Å². The summed E-state index contributed by atoms with van der Waals surface area (Å²) in [4.78, 5) is 0. The van der Waals surface area contributed by atoms with Crippen molar-refractivity contribution in [1.82, 2.24) is 0 Å². The van der Waals surface area contributed by atoms with Crippen LogP contribution in [0.2, 0.25) is 58.9 Å². The molecule has 0 aromatic rings. The summed E-state index contributed by atoms with van der Waals surface area (Å²) in [5, 5.41) is 0. The molecule has 0 spiro atoms. The minimum absolute atomic E-state index is 0.288. The third-order valence-corrected chi connectivity index (χ3v) is 13.9. The Morgan fingerprint density at radius 3 is 1.94 bits per heavy atom. The SMILES string of the molecule is CC12CCC3C(CC[C@H]4C[C@H](O[Si](C)(C)C)CCC34C)C1CCC2[C@H](CO[Si](C)(C)C)O[Si](C)(C)C. The molecule has 6 unspecified atom stereocenters. The van der Waals surface area contributed by atoms with Crippen LogP contribution in [0.25, 0.3) is 0 Å². The zero-order valence-corrected chi connectivity index (χ0v) is 28.8. The average Bonchev–Trinajstić information content (AvgIpc) is 3.06. The van der Waals surface area contributed by atoms with Crippen molar-refractivity contribution in [2.45, 2.75) is 143 Å². The summed E-state index contributed by atoms with van der Waals surface area (Å²) in [6, 6.07) is 0. The van der Waals surface area contributed by atoms with Gasteiger partial charge in [-0.3, -0.25) is 0 Å². The van der Waals surface area contributed by atoms with Gasteiger partial charge in [0.25, 0.3) is 0 Å². The average molecular weight is 553 g/mol. The maximum absolute atomic E-state index is 6.95. The molecular weight excluding hydrogens is 493 g/mol. The molecule has 0 aliphatic heterocycles. The van der Waals surface area contributed by atoms with E-state index in [0.29, 0.717) is 22.9 Å². The Labute approximate surface area is 227 Å². The summed E-state index contributed by atoms with van der Waals surface area (Å²) in [6.45, 7) is 27.4. The fourth-order valence-corrected chi connectivity index (χ4v) is 12.5. The summed E-state index contributed by atoms with van der Waals surface area (Å²) >= 11 is 0. The first-order valence-electron chi connectivity index (χ1n) is 15.4. The number of hydrogen-bond acceptors (Lipinski definition) is 3. The van der Waals surface area contributed by atoms with Crippen LogP contribution in [0.15, 0.2) is 0 Å². The van der Waals surface area contributed by atoms with E-state index in [1.807, 2.05) is 0 Å². The number of rotatable bonds is 8. The molecule has 0 aromatic heterocycles. The Bertz CT molecular complexity index is 769. The molecule has 6 heteroatoms. The lowest BCUT2D eigenvalue weighted by Gasteiger charge is -2.61. The molecule has 0 saturated heterocycles. The van der Waals surface area contributed by atoms with Gasteiger partial charge >= 0.3 is 0 Å². The van der Waals surface area contributed by atoms with Crippen molar-refractivity contribution < 1.29 is 13.3 Å². The van der Waals surface area contributed by atoms with Gasteiger partial charge in [0.05, 0.1) is 12.7 Å². The van der Waals surface area contributed by atoms with Crippen LogP contribution in [0.3, 0.4) is 0 Å². The van der Waals surface area contributed by atoms with Crippen LogP contribution in [0, 0.1) is 40.4 Å². The Morgan fingerprint density at radius 1 is 0.694 bits per heavy atom. The van der Waals surface area contributed by atoms with Gasteiger partial charge in [0.15, 0.2) is 25.0 Å². The predicted molar refractivity (Wildman–Crippen MR) is 161 cm³/mol. The maximum Gasteiger partial charge on any atom is 0.184 e. The lowest BCUT2D eigenvalue weighted by atomic mass is 9.44. The van der Waals surface area contributed by atoms with Gasteiger partial charge in [-0.05, 0) is 157 Å². The highest BCUT2D eigenvalue weighted by molar-refractivity contribution is 6.70. The van der Waals surface area contributed by atoms with Crippen molar-refractivity contribution in [2.24, 2.45) is 40.4 Å². The largest absolute Gasteiger partial charge is 0.415 e. The second kappa shape index (κ2) is 10.2. The molecule has 4 fully saturated rings. The van der Waals surface area contributed by atoms with E-state index in [9.17, 15) is 0 Å². The van der Waals surface area contributed by atoms with E-state index in [1.165, 1.54) is 57.8 Å². The molecule has 9 atom stereocenters. The molecule has 4 aliphatic carbocycles. The highest BCUT2D eigenvalue weighted by atomic mass is 28.4. The molecule has 0 heterocycles. The topological polar surface area (TPSA) is 27.7 Å². The summed E-state index contributed by atoms with van der Waals surface area (Å²) in [5.74, 6) is 4.28. The van der Waals surface area contributed by atoms with Gasteiger partial charge in [-0.15, -0.1) is 0 Å². The van der Waals surface area contributed by atoms with Crippen LogP contribution >= 0.6 is 0 Å². The lowest BCUT2D eigenvalue weighted by molar-refractivity contribution is -0.132. The molecule has 4 rings (SSSR count). The van der Waals surface area contributed by atoms with Crippen LogP contribution < -0.4 is 0 Å². The molecule has 36 heavy (non-hydrogen) atoms. The molecule has 0 aromatic carbocycles. The molecular formula is C30H60O3Si3. The van der Waals surface area contributed by atoms with Crippen LogP contribution in [0.5, 0.6) is 0 Å². The third-order valence-electron chi connectivity index (χ3n) is 10.8. The van der Waals surface area contributed by atoms with E-state index in [0.717, 1.165) is 30.3 Å². The van der Waals surface area contributed by atoms with Gasteiger partial charge in [0.2, 0.25) is 0 Å². The molecule has 210 valence electrons. The highest BCUT2D eigenvalue weighted by Gasteiger charge is 2.61. The van der Waals surface area contributed by atoms with E-state index < -0.39 is 25.0 Å². The van der Waals surface area contributed by atoms with Gasteiger partial charge in [-0.1, -0.05) is 13.8 Å². The molecule has 0 amide bonds. The van der Waals surface area contributed by atoms with Crippen molar-refractivity contribution in [1.29, 1.82) is 0 Å². The fourth-order valence-electron chi connectivity index (χ4n) is 9.50. The predicted octanol–water partition coefficient (Wildman–Crippen LogP) is 8.94. The van der Waals surface area contributed by atoms with Gasteiger partial charge in [-0.25, -0.2) is 0 Å². The molecule has 4 saturated carbocycles. The quantitative estimate of drug-likeness (QED) is 0.281. The Kier molecular flexibility index (Phi) is 8.34. The van der Waals surface area contributed by atoms with Crippen LogP contribution in [-0.4, -0.2) is 43.8 Å². The van der Waals surface area contributed by atoms with E-state index in [4.69, 9.17) is 13.3 Å². The molecule has 0 radical (unpaired) electrons. The number of fused-ring (bicyclic) bond motifs is 5. The zero-order valence-electron chi connectivity index (χ0n) is 25.8. The van der Waals surface area contributed by atoms with Gasteiger partial charge in [-0.2, -0.15) is 0 Å². The van der Waals surface area contributed by atoms with E-state index in [2.05, 4.69) is 72.8 Å². The first-order valence-corrected chi connectivity index (χ1v) is 25.6. The first kappa shape index (κ1) is 29.5. The van der Waals surface area contributed by atoms with Crippen molar-refractivity contribution in [3.8, 4) is 0 Å². The standard InChI is InChI=1S/C30H60O3Si3/c1-29-18-16-23(32-35(6,7)8)20-22(29)12-13-24-25-14-15-27(30(25,2)19-17-26(24)29)28(33-36(9,10)11)21-31-34(3,4)5/h22-28H,12-21H2,1-11H3/t22-,23+,24?,25?,26?,27?,28-,29?,30?/m0/s1. The highest BCUT2D eigenvalue weighted by Crippen LogP contribution is 2.68. The van der Waals surface area contributed by atoms with E-state index in [1.54, 1.807) is 0 Å². The van der Waals surface area contributed by atoms with Crippen molar-refractivity contribution in [3.05, 3.63) is 0 Å². The summed E-state index contributed by atoms with van der Waals surface area (Å²) < 4.78 is 20.1. The van der Waals surface area contributed by atoms with Crippen LogP contribution in [-0.2, 0) is 13.3 Å². The Balaban J connectivity index is 1.50. The monoisotopic (exact) mass is 552 g/mol. The minimum atomic E-state index is -1.64. The molecule has 0 N–H and O–H groups in total. The smallest absolute Gasteiger partial charge is 0.184 e. The van der Waals surface area contributed by atoms with Gasteiger partial charge in [0.1, 0.15) is 0 Å². The molecule has 0 bridgehead atoms. The normalized spacial score (nSPS) is 42.4. The summed E-state index contributed by atoms with van der Waals surface area (Å²) in [7, 11) is -4.66. The Morgan fingerprint density at radius 2 is 1.33 bits per heavy atom. The van der Waals surface area contributed by atoms with Crippen molar-refractivity contribution in [2.75, 3.05) is 6.61 Å². The van der Waals surface area contributed by atoms with E-state index in [-0.39, 0.29) is 6.10 Å². The van der Waals surface area contributed by atoms with Gasteiger partial charge in [0, 0.05) is 6.10 Å². The molecule has 4 aliphatic rings. The lowest BCUT2D eigenvalue weighted by Crippen LogP contribution is -2.55. The third kappa shape index (κ3) is 6.30.